The van der Waals surface area contributed by atoms with Crippen LogP contribution in [0.2, 0.25) is 0 Å². The van der Waals surface area contributed by atoms with Crippen molar-refractivity contribution in [2.45, 2.75) is 13.8 Å². The molecule has 6 nitrogen and oxygen atoms in total. The molecule has 0 radical (unpaired) electrons. The second-order valence-corrected chi connectivity index (χ2v) is 3.67. The molecular formula is C7H13O6P. The molecule has 0 atom stereocenters. The zero-order chi connectivity index (χ0) is 11.2. The Labute approximate surface area is 81.8 Å². The van der Waals surface area contributed by atoms with Gasteiger partial charge in [0.15, 0.2) is 0 Å². The first-order valence-corrected chi connectivity index (χ1v) is 5.40. The molecule has 0 unspecified atom stereocenters. The van der Waals surface area contributed by atoms with E-state index in [0.29, 0.717) is 5.57 Å². The molecule has 0 aromatic rings. The van der Waals surface area contributed by atoms with E-state index in [1.807, 2.05) is 0 Å². The molecule has 0 saturated carbocycles. The predicted molar refractivity (Wildman–Crippen MR) is 48.4 cm³/mol. The van der Waals surface area contributed by atoms with Crippen LogP contribution < -0.4 is 0 Å². The quantitative estimate of drug-likeness (QED) is 0.307. The van der Waals surface area contributed by atoms with Gasteiger partial charge in [0.25, 0.3) is 0 Å². The first kappa shape index (κ1) is 13.3. The third-order valence-corrected chi connectivity index (χ3v) is 1.85. The Balaban J connectivity index is 3.66. The van der Waals surface area contributed by atoms with Gasteiger partial charge in [-0.05, 0) is 13.8 Å². The highest BCUT2D eigenvalue weighted by Gasteiger charge is 2.13. The highest BCUT2D eigenvalue weighted by molar-refractivity contribution is 7.46. The fourth-order valence-electron chi connectivity index (χ4n) is 0.522. The number of allylic oxidation sites excluding steroid dienone is 1. The molecule has 0 saturated heterocycles. The Kier molecular flexibility index (Phi) is 5.64. The van der Waals surface area contributed by atoms with Crippen molar-refractivity contribution in [1.82, 2.24) is 0 Å². The van der Waals surface area contributed by atoms with Crippen LogP contribution in [0, 0.1) is 0 Å². The van der Waals surface area contributed by atoms with Crippen LogP contribution in [0.15, 0.2) is 11.6 Å². The van der Waals surface area contributed by atoms with Gasteiger partial charge in [-0.25, -0.2) is 9.36 Å². The van der Waals surface area contributed by atoms with E-state index in [1.165, 1.54) is 0 Å². The number of ether oxygens (including phenoxy) is 1. The van der Waals surface area contributed by atoms with Crippen LogP contribution in [0.3, 0.4) is 0 Å². The van der Waals surface area contributed by atoms with E-state index in [9.17, 15) is 9.36 Å². The molecule has 14 heavy (non-hydrogen) atoms. The van der Waals surface area contributed by atoms with E-state index >= 15 is 0 Å². The molecule has 0 aromatic carbocycles. The molecule has 0 aliphatic heterocycles. The van der Waals surface area contributed by atoms with Gasteiger partial charge in [0, 0.05) is 5.57 Å². The predicted octanol–water partition coefficient (Wildman–Crippen LogP) is 0.605. The largest absolute Gasteiger partial charge is 0.469 e. The van der Waals surface area contributed by atoms with Crippen molar-refractivity contribution in [3.63, 3.8) is 0 Å². The fraction of sp³-hybridized carbons (Fsp3) is 0.571. The third kappa shape index (κ3) is 6.80. The van der Waals surface area contributed by atoms with Gasteiger partial charge >= 0.3 is 13.8 Å². The lowest BCUT2D eigenvalue weighted by molar-refractivity contribution is -0.139. The topological polar surface area (TPSA) is 93.1 Å². The average Bonchev–Trinajstić information content (AvgIpc) is 2.09. The highest BCUT2D eigenvalue weighted by atomic mass is 31.2. The molecule has 0 aliphatic rings. The third-order valence-electron chi connectivity index (χ3n) is 1.33. The first-order chi connectivity index (χ1) is 6.37. The molecule has 7 heteroatoms. The molecule has 0 heterocycles. The minimum atomic E-state index is -4.46. The Bertz CT molecular complexity index is 265. The summed E-state index contributed by atoms with van der Waals surface area (Å²) in [5, 5.41) is 0. The normalized spacial score (nSPS) is 12.7. The minimum Gasteiger partial charge on any atom is -0.460 e. The number of hydrogen-bond donors (Lipinski definition) is 2. The number of phosphoric acid groups is 1. The Hall–Kier alpha value is -0.680. The lowest BCUT2D eigenvalue weighted by atomic mass is 10.3. The summed E-state index contributed by atoms with van der Waals surface area (Å²) in [6, 6.07) is 0. The van der Waals surface area contributed by atoms with Gasteiger partial charge in [-0.1, -0.05) is 6.08 Å². The maximum atomic E-state index is 11.0. The molecule has 0 rings (SSSR count). The zero-order valence-corrected chi connectivity index (χ0v) is 8.86. The van der Waals surface area contributed by atoms with Gasteiger partial charge in [0.1, 0.15) is 6.61 Å². The van der Waals surface area contributed by atoms with E-state index < -0.39 is 13.8 Å². The van der Waals surface area contributed by atoms with Crippen molar-refractivity contribution in [3.05, 3.63) is 11.6 Å². The van der Waals surface area contributed by atoms with Crippen molar-refractivity contribution in [1.29, 1.82) is 0 Å². The maximum Gasteiger partial charge on any atom is 0.469 e. The SMILES string of the molecule is CC=C(C)C(=O)OCCOP(=O)(O)O. The van der Waals surface area contributed by atoms with Gasteiger partial charge in [0.05, 0.1) is 6.61 Å². The standard InChI is InChI=1S/C7H13O6P/c1-3-6(2)7(8)12-4-5-13-14(9,10)11/h3H,4-5H2,1-2H3,(H2,9,10,11). The van der Waals surface area contributed by atoms with Crippen molar-refractivity contribution in [2.75, 3.05) is 13.2 Å². The number of carbonyl (C=O) groups is 1. The Morgan fingerprint density at radius 1 is 1.43 bits per heavy atom. The maximum absolute atomic E-state index is 11.0. The minimum absolute atomic E-state index is 0.185. The van der Waals surface area contributed by atoms with Crippen LogP contribution in [0.4, 0.5) is 0 Å². The average molecular weight is 224 g/mol. The summed E-state index contributed by atoms with van der Waals surface area (Å²) in [7, 11) is -4.46. The van der Waals surface area contributed by atoms with Crippen molar-refractivity contribution in [3.8, 4) is 0 Å². The van der Waals surface area contributed by atoms with Gasteiger partial charge in [-0.2, -0.15) is 0 Å². The van der Waals surface area contributed by atoms with Crippen LogP contribution in [-0.2, 0) is 18.6 Å². The monoisotopic (exact) mass is 224 g/mol. The summed E-state index contributed by atoms with van der Waals surface area (Å²) in [6.07, 6.45) is 1.58. The molecule has 0 amide bonds. The molecule has 0 fully saturated rings. The fourth-order valence-corrected chi connectivity index (χ4v) is 0.835. The lowest BCUT2D eigenvalue weighted by Crippen LogP contribution is -2.10. The molecule has 0 bridgehead atoms. The summed E-state index contributed by atoms with van der Waals surface area (Å²) in [4.78, 5) is 27.5. The molecule has 0 spiro atoms. The molecule has 0 aliphatic carbocycles. The van der Waals surface area contributed by atoms with Crippen molar-refractivity contribution in [2.24, 2.45) is 0 Å². The van der Waals surface area contributed by atoms with Crippen molar-refractivity contribution >= 4 is 13.8 Å². The number of hydrogen-bond acceptors (Lipinski definition) is 4. The van der Waals surface area contributed by atoms with Gasteiger partial charge in [0.2, 0.25) is 0 Å². The second-order valence-electron chi connectivity index (χ2n) is 2.43. The summed E-state index contributed by atoms with van der Waals surface area (Å²) in [6.45, 7) is 2.75. The molecule has 2 N–H and O–H groups in total. The van der Waals surface area contributed by atoms with Crippen LogP contribution in [-0.4, -0.2) is 29.0 Å². The van der Waals surface area contributed by atoms with E-state index in [2.05, 4.69) is 9.26 Å². The first-order valence-electron chi connectivity index (χ1n) is 3.87. The number of esters is 1. The van der Waals surface area contributed by atoms with Crippen LogP contribution >= 0.6 is 7.82 Å². The van der Waals surface area contributed by atoms with Crippen LogP contribution in [0.1, 0.15) is 13.8 Å². The zero-order valence-electron chi connectivity index (χ0n) is 7.97. The number of carbonyl (C=O) groups excluding carboxylic acids is 1. The number of rotatable bonds is 5. The summed E-state index contributed by atoms with van der Waals surface area (Å²) in [5.41, 5.74) is 0.432. The highest BCUT2D eigenvalue weighted by Crippen LogP contribution is 2.35. The summed E-state index contributed by atoms with van der Waals surface area (Å²) >= 11 is 0. The Morgan fingerprint density at radius 3 is 2.43 bits per heavy atom. The smallest absolute Gasteiger partial charge is 0.460 e. The van der Waals surface area contributed by atoms with Crippen LogP contribution in [0.25, 0.3) is 0 Å². The van der Waals surface area contributed by atoms with Gasteiger partial charge in [-0.15, -0.1) is 0 Å². The van der Waals surface area contributed by atoms with Gasteiger partial charge in [-0.3, -0.25) is 4.52 Å². The summed E-state index contributed by atoms with van der Waals surface area (Å²) in [5.74, 6) is -0.526. The molecule has 82 valence electrons. The lowest BCUT2D eigenvalue weighted by Gasteiger charge is -2.06. The molecular weight excluding hydrogens is 211 g/mol. The van der Waals surface area contributed by atoms with Crippen molar-refractivity contribution < 1.29 is 28.4 Å². The van der Waals surface area contributed by atoms with E-state index in [-0.39, 0.29) is 13.2 Å². The van der Waals surface area contributed by atoms with Crippen LogP contribution in [0.5, 0.6) is 0 Å². The van der Waals surface area contributed by atoms with E-state index in [1.54, 1.807) is 19.9 Å². The van der Waals surface area contributed by atoms with E-state index in [0.717, 1.165) is 0 Å². The second kappa shape index (κ2) is 5.93. The number of phosphoric ester groups is 1. The summed E-state index contributed by atoms with van der Waals surface area (Å²) < 4.78 is 18.9. The Morgan fingerprint density at radius 2 is 2.00 bits per heavy atom. The van der Waals surface area contributed by atoms with Gasteiger partial charge < -0.3 is 14.5 Å². The van der Waals surface area contributed by atoms with E-state index in [4.69, 9.17) is 9.79 Å². The molecule has 0 aromatic heterocycles.